The van der Waals surface area contributed by atoms with E-state index in [0.717, 1.165) is 18.6 Å². The van der Waals surface area contributed by atoms with E-state index in [9.17, 15) is 0 Å². The van der Waals surface area contributed by atoms with Crippen LogP contribution in [0.15, 0.2) is 18.2 Å². The van der Waals surface area contributed by atoms with Crippen molar-refractivity contribution in [2.45, 2.75) is 71.0 Å². The Morgan fingerprint density at radius 1 is 1.04 bits per heavy atom. The fourth-order valence-corrected chi connectivity index (χ4v) is 9.76. The maximum absolute atomic E-state index is 5.27. The fraction of sp³-hybridized carbons (Fsp3) is 0.600. The molecular weight excluding hydrogens is 411 g/mol. The third kappa shape index (κ3) is 5.00. The summed E-state index contributed by atoms with van der Waals surface area (Å²) in [6.45, 7) is 14.2. The maximum Gasteiger partial charge on any atom is 0.145 e. The molecule has 0 saturated carbocycles. The van der Waals surface area contributed by atoms with Gasteiger partial charge in [0, 0.05) is 9.99 Å². The first-order chi connectivity index (χ1) is 10.8. The molecule has 0 heterocycles. The summed E-state index contributed by atoms with van der Waals surface area (Å²) in [6, 6.07) is 6.30. The average Bonchev–Trinajstić information content (AvgIpc) is 2.47. The molecule has 1 rings (SSSR count). The Labute approximate surface area is 157 Å². The van der Waals surface area contributed by atoms with Crippen LogP contribution in [0.5, 0.6) is 5.75 Å². The van der Waals surface area contributed by atoms with Crippen molar-refractivity contribution in [2.24, 2.45) is 0 Å². The highest BCUT2D eigenvalue weighted by molar-refractivity contribution is 14.1. The van der Waals surface area contributed by atoms with Crippen molar-refractivity contribution in [1.29, 1.82) is 0 Å². The van der Waals surface area contributed by atoms with Crippen molar-refractivity contribution in [3.05, 3.63) is 27.3 Å². The van der Waals surface area contributed by atoms with Crippen LogP contribution in [0.2, 0.25) is 16.6 Å². The first kappa shape index (κ1) is 20.6. The molecule has 3 heteroatoms. The van der Waals surface area contributed by atoms with Crippen LogP contribution in [-0.2, 0) is 6.42 Å². The largest absolute Gasteiger partial charge is 0.497 e. The summed E-state index contributed by atoms with van der Waals surface area (Å²) in [5.41, 5.74) is 7.29. The number of hydrogen-bond donors (Lipinski definition) is 0. The van der Waals surface area contributed by atoms with Gasteiger partial charge in [-0.05, 0) is 63.3 Å². The molecule has 0 amide bonds. The number of benzene rings is 1. The lowest BCUT2D eigenvalue weighted by Gasteiger charge is -2.38. The van der Waals surface area contributed by atoms with Crippen LogP contribution < -0.4 is 4.74 Å². The van der Waals surface area contributed by atoms with Crippen molar-refractivity contribution < 1.29 is 4.74 Å². The molecule has 1 aromatic carbocycles. The molecule has 0 saturated heterocycles. The molecule has 1 aromatic rings. The number of methoxy groups -OCH3 is 1. The molecule has 0 unspecified atom stereocenters. The zero-order valence-corrected chi connectivity index (χ0v) is 18.8. The number of rotatable bonds is 6. The van der Waals surface area contributed by atoms with E-state index in [0.29, 0.717) is 16.6 Å². The van der Waals surface area contributed by atoms with Gasteiger partial charge in [-0.25, -0.2) is 0 Å². The molecule has 0 fully saturated rings. The minimum atomic E-state index is -1.58. The minimum absolute atomic E-state index is 0.705. The Hall–Kier alpha value is -0.473. The summed E-state index contributed by atoms with van der Waals surface area (Å²) in [5.74, 6) is 4.48. The van der Waals surface area contributed by atoms with E-state index in [-0.39, 0.29) is 0 Å². The minimum Gasteiger partial charge on any atom is -0.497 e. The van der Waals surface area contributed by atoms with Crippen LogP contribution in [0.25, 0.3) is 0 Å². The molecule has 1 nitrogen and oxygen atoms in total. The second-order valence-corrected chi connectivity index (χ2v) is 13.9. The van der Waals surface area contributed by atoms with Crippen LogP contribution >= 0.6 is 22.6 Å². The van der Waals surface area contributed by atoms with Gasteiger partial charge >= 0.3 is 0 Å². The molecule has 23 heavy (non-hydrogen) atoms. The molecule has 0 radical (unpaired) electrons. The molecular formula is C20H31IOSi. The van der Waals surface area contributed by atoms with Gasteiger partial charge in [0.2, 0.25) is 0 Å². The van der Waals surface area contributed by atoms with E-state index in [1.54, 1.807) is 7.11 Å². The van der Waals surface area contributed by atoms with E-state index in [4.69, 9.17) is 4.74 Å². The number of ether oxygens (including phenoxy) is 1. The van der Waals surface area contributed by atoms with Gasteiger partial charge in [-0.1, -0.05) is 47.6 Å². The van der Waals surface area contributed by atoms with E-state index >= 15 is 0 Å². The summed E-state index contributed by atoms with van der Waals surface area (Å²) in [7, 11) is 0.136. The van der Waals surface area contributed by atoms with Crippen LogP contribution in [0.4, 0.5) is 0 Å². The van der Waals surface area contributed by atoms with E-state index in [2.05, 4.69) is 87.7 Å². The van der Waals surface area contributed by atoms with E-state index in [1.165, 1.54) is 9.13 Å². The number of halogens is 1. The predicted molar refractivity (Wildman–Crippen MR) is 113 cm³/mol. The SMILES string of the molecule is COc1ccc(CCC#C[Si](C(C)C)(C(C)C)C(C)C)c(I)c1. The summed E-state index contributed by atoms with van der Waals surface area (Å²) in [6.07, 6.45) is 1.97. The van der Waals surface area contributed by atoms with Crippen molar-refractivity contribution in [3.8, 4) is 17.2 Å². The third-order valence-corrected chi connectivity index (χ3v) is 12.3. The van der Waals surface area contributed by atoms with Crippen LogP contribution in [0.1, 0.15) is 53.5 Å². The zero-order valence-electron chi connectivity index (χ0n) is 15.7. The van der Waals surface area contributed by atoms with Gasteiger partial charge in [-0.15, -0.1) is 11.5 Å². The highest BCUT2D eigenvalue weighted by atomic mass is 127. The smallest absolute Gasteiger partial charge is 0.145 e. The fourth-order valence-electron chi connectivity index (χ4n) is 3.70. The standard InChI is InChI=1S/C20H31IOSi/c1-15(2)23(16(3)4,17(5)6)13-9-8-10-18-11-12-19(22-7)14-20(18)21/h11-12,14-17H,8,10H2,1-7H3. The van der Waals surface area contributed by atoms with E-state index in [1.807, 2.05) is 6.07 Å². The summed E-state index contributed by atoms with van der Waals surface area (Å²) in [4.78, 5) is 0. The lowest BCUT2D eigenvalue weighted by Crippen LogP contribution is -2.43. The van der Waals surface area contributed by atoms with Gasteiger partial charge in [0.15, 0.2) is 0 Å². The van der Waals surface area contributed by atoms with E-state index < -0.39 is 8.07 Å². The van der Waals surface area contributed by atoms with Crippen molar-refractivity contribution >= 4 is 30.7 Å². The van der Waals surface area contributed by atoms with Crippen molar-refractivity contribution in [3.63, 3.8) is 0 Å². The Bertz CT molecular complexity index is 545. The normalized spacial score (nSPS) is 11.8. The molecule has 0 spiro atoms. The highest BCUT2D eigenvalue weighted by Gasteiger charge is 2.41. The summed E-state index contributed by atoms with van der Waals surface area (Å²) < 4.78 is 6.54. The Kier molecular flexibility index (Phi) is 8.16. The van der Waals surface area contributed by atoms with Gasteiger partial charge in [-0.3, -0.25) is 0 Å². The predicted octanol–water partition coefficient (Wildman–Crippen LogP) is 6.45. The van der Waals surface area contributed by atoms with Gasteiger partial charge in [0.25, 0.3) is 0 Å². The third-order valence-electron chi connectivity index (χ3n) is 4.95. The van der Waals surface area contributed by atoms with Gasteiger partial charge in [0.1, 0.15) is 13.8 Å². The topological polar surface area (TPSA) is 9.23 Å². The Balaban J connectivity index is 2.87. The quantitative estimate of drug-likeness (QED) is 0.279. The van der Waals surface area contributed by atoms with Gasteiger partial charge < -0.3 is 4.74 Å². The van der Waals surface area contributed by atoms with Gasteiger partial charge in [-0.2, -0.15) is 0 Å². The first-order valence-corrected chi connectivity index (χ1v) is 11.9. The number of hydrogen-bond acceptors (Lipinski definition) is 1. The maximum atomic E-state index is 5.27. The molecule has 0 bridgehead atoms. The lowest BCUT2D eigenvalue weighted by molar-refractivity contribution is 0.414. The molecule has 128 valence electrons. The molecule has 0 aliphatic carbocycles. The highest BCUT2D eigenvalue weighted by Crippen LogP contribution is 2.40. The van der Waals surface area contributed by atoms with Crippen molar-refractivity contribution in [1.82, 2.24) is 0 Å². The molecule has 0 aromatic heterocycles. The molecule has 0 atom stereocenters. The molecule has 0 N–H and O–H groups in total. The van der Waals surface area contributed by atoms with Crippen LogP contribution in [0, 0.1) is 15.0 Å². The lowest BCUT2D eigenvalue weighted by atomic mass is 10.1. The molecule has 0 aliphatic rings. The summed E-state index contributed by atoms with van der Waals surface area (Å²) in [5, 5.41) is 0. The monoisotopic (exact) mass is 442 g/mol. The van der Waals surface area contributed by atoms with Gasteiger partial charge in [0.05, 0.1) is 7.11 Å². The van der Waals surface area contributed by atoms with Crippen LogP contribution in [-0.4, -0.2) is 15.2 Å². The Morgan fingerprint density at radius 3 is 2.04 bits per heavy atom. The second-order valence-electron chi connectivity index (χ2n) is 7.16. The second kappa shape index (κ2) is 9.13. The average molecular weight is 442 g/mol. The zero-order chi connectivity index (χ0) is 17.6. The summed E-state index contributed by atoms with van der Waals surface area (Å²) >= 11 is 2.39. The number of aryl methyl sites for hydroxylation is 1. The Morgan fingerprint density at radius 2 is 1.61 bits per heavy atom. The first-order valence-electron chi connectivity index (χ1n) is 8.58. The van der Waals surface area contributed by atoms with Crippen molar-refractivity contribution in [2.75, 3.05) is 7.11 Å². The van der Waals surface area contributed by atoms with Crippen LogP contribution in [0.3, 0.4) is 0 Å². The molecule has 0 aliphatic heterocycles.